The van der Waals surface area contributed by atoms with Crippen LogP contribution in [0.5, 0.6) is 0 Å². The smallest absolute Gasteiger partial charge is 0.0237 e. The van der Waals surface area contributed by atoms with Crippen molar-refractivity contribution >= 4 is 0 Å². The number of benzene rings is 2. The summed E-state index contributed by atoms with van der Waals surface area (Å²) in [6.07, 6.45) is 14.6. The zero-order valence-corrected chi connectivity index (χ0v) is 19.4. The van der Waals surface area contributed by atoms with Crippen molar-refractivity contribution < 1.29 is 0 Å². The zero-order chi connectivity index (χ0) is 21.6. The van der Waals surface area contributed by atoms with Crippen LogP contribution in [0.15, 0.2) is 60.7 Å². The van der Waals surface area contributed by atoms with Crippen LogP contribution in [-0.2, 0) is 13.1 Å². The van der Waals surface area contributed by atoms with E-state index in [1.807, 2.05) is 12.1 Å². The van der Waals surface area contributed by atoms with Crippen molar-refractivity contribution in [3.05, 3.63) is 71.8 Å². The Morgan fingerprint density at radius 3 is 1.45 bits per heavy atom. The Bertz CT molecular complexity index is 618. The number of nitrogens with zero attached hydrogens (tertiary/aromatic N) is 1. The van der Waals surface area contributed by atoms with Gasteiger partial charge in [0.1, 0.15) is 0 Å². The lowest BCUT2D eigenvalue weighted by molar-refractivity contribution is 0.264. The van der Waals surface area contributed by atoms with E-state index in [9.17, 15) is 0 Å². The van der Waals surface area contributed by atoms with Crippen molar-refractivity contribution in [1.29, 1.82) is 0 Å². The Morgan fingerprint density at radius 1 is 0.645 bits per heavy atom. The standard InChI is InChI=1S/C16H20N2.C12H23N/c17-11-12-18(13-15-7-3-1-4-8-15)14-16-9-5-2-6-10-16;1-3-7-11(8-4-1)13-12-9-5-2-6-10-12/h1-10H,11-14,17H2;11-13H,1-10H2. The van der Waals surface area contributed by atoms with Gasteiger partial charge in [-0.05, 0) is 36.8 Å². The maximum atomic E-state index is 5.70. The van der Waals surface area contributed by atoms with Crippen LogP contribution in [0.3, 0.4) is 0 Å². The summed E-state index contributed by atoms with van der Waals surface area (Å²) in [5, 5.41) is 3.86. The van der Waals surface area contributed by atoms with E-state index < -0.39 is 0 Å². The second-order valence-electron chi connectivity index (χ2n) is 9.31. The van der Waals surface area contributed by atoms with Gasteiger partial charge in [0.25, 0.3) is 0 Å². The SMILES string of the molecule is C1CCC(NC2CCCCC2)CC1.NCCN(Cc1ccccc1)Cc1ccccc1. The second-order valence-corrected chi connectivity index (χ2v) is 9.31. The van der Waals surface area contributed by atoms with Crippen molar-refractivity contribution in [3.63, 3.8) is 0 Å². The summed E-state index contributed by atoms with van der Waals surface area (Å²) >= 11 is 0. The van der Waals surface area contributed by atoms with Gasteiger partial charge < -0.3 is 11.1 Å². The van der Waals surface area contributed by atoms with Crippen LogP contribution in [-0.4, -0.2) is 30.1 Å². The van der Waals surface area contributed by atoms with Gasteiger partial charge in [-0.2, -0.15) is 0 Å². The van der Waals surface area contributed by atoms with Gasteiger partial charge in [-0.1, -0.05) is 99.2 Å². The molecule has 0 unspecified atom stereocenters. The molecule has 2 saturated carbocycles. The first kappa shape index (κ1) is 24.0. The Hall–Kier alpha value is -1.68. The molecule has 0 bridgehead atoms. The molecule has 3 N–H and O–H groups in total. The first-order valence-corrected chi connectivity index (χ1v) is 12.6. The van der Waals surface area contributed by atoms with Gasteiger partial charge >= 0.3 is 0 Å². The molecule has 0 heterocycles. The first-order valence-electron chi connectivity index (χ1n) is 12.6. The normalized spacial score (nSPS) is 17.9. The Morgan fingerprint density at radius 2 is 1.06 bits per heavy atom. The van der Waals surface area contributed by atoms with Gasteiger partial charge in [-0.3, -0.25) is 4.90 Å². The van der Waals surface area contributed by atoms with Crippen molar-refractivity contribution in [2.75, 3.05) is 13.1 Å². The maximum absolute atomic E-state index is 5.70. The van der Waals surface area contributed by atoms with E-state index in [-0.39, 0.29) is 0 Å². The van der Waals surface area contributed by atoms with E-state index in [2.05, 4.69) is 58.7 Å². The topological polar surface area (TPSA) is 41.3 Å². The summed E-state index contributed by atoms with van der Waals surface area (Å²) in [6, 6.07) is 22.8. The summed E-state index contributed by atoms with van der Waals surface area (Å²) in [6.45, 7) is 3.52. The molecule has 31 heavy (non-hydrogen) atoms. The Balaban J connectivity index is 0.000000185. The number of hydrogen-bond donors (Lipinski definition) is 2. The van der Waals surface area contributed by atoms with Gasteiger partial charge in [0, 0.05) is 38.3 Å². The van der Waals surface area contributed by atoms with Crippen LogP contribution >= 0.6 is 0 Å². The van der Waals surface area contributed by atoms with Crippen molar-refractivity contribution in [3.8, 4) is 0 Å². The number of rotatable bonds is 8. The average Bonchev–Trinajstić information content (AvgIpc) is 2.82. The van der Waals surface area contributed by atoms with Crippen LogP contribution in [0, 0.1) is 0 Å². The largest absolute Gasteiger partial charge is 0.329 e. The van der Waals surface area contributed by atoms with Crippen molar-refractivity contribution in [2.24, 2.45) is 5.73 Å². The van der Waals surface area contributed by atoms with E-state index in [0.29, 0.717) is 6.54 Å². The zero-order valence-electron chi connectivity index (χ0n) is 19.4. The van der Waals surface area contributed by atoms with Gasteiger partial charge in [0.05, 0.1) is 0 Å². The van der Waals surface area contributed by atoms with Crippen LogP contribution in [0.25, 0.3) is 0 Å². The molecule has 2 aliphatic rings. The highest BCUT2D eigenvalue weighted by molar-refractivity contribution is 5.17. The molecular weight excluding hydrogens is 378 g/mol. The van der Waals surface area contributed by atoms with E-state index >= 15 is 0 Å². The summed E-state index contributed by atoms with van der Waals surface area (Å²) in [7, 11) is 0. The van der Waals surface area contributed by atoms with Gasteiger partial charge in [-0.25, -0.2) is 0 Å². The quantitative estimate of drug-likeness (QED) is 0.558. The van der Waals surface area contributed by atoms with E-state index in [0.717, 1.165) is 31.7 Å². The van der Waals surface area contributed by atoms with Crippen LogP contribution < -0.4 is 11.1 Å². The summed E-state index contributed by atoms with van der Waals surface area (Å²) in [5.74, 6) is 0. The fraction of sp³-hybridized carbons (Fsp3) is 0.571. The third-order valence-electron chi connectivity index (χ3n) is 6.63. The molecule has 0 amide bonds. The second kappa shape index (κ2) is 14.4. The monoisotopic (exact) mass is 421 g/mol. The first-order chi connectivity index (χ1) is 15.3. The Kier molecular flexibility index (Phi) is 11.1. The molecule has 2 aliphatic carbocycles. The number of hydrogen-bond acceptors (Lipinski definition) is 3. The predicted molar refractivity (Wildman–Crippen MR) is 133 cm³/mol. The van der Waals surface area contributed by atoms with Gasteiger partial charge in [0.15, 0.2) is 0 Å². The molecule has 0 aliphatic heterocycles. The lowest BCUT2D eigenvalue weighted by atomic mass is 9.91. The van der Waals surface area contributed by atoms with E-state index in [1.165, 1.54) is 75.3 Å². The number of nitrogens with one attached hydrogen (secondary N) is 1. The molecule has 2 fully saturated rings. The minimum Gasteiger partial charge on any atom is -0.329 e. The molecule has 0 spiro atoms. The molecule has 170 valence electrons. The van der Waals surface area contributed by atoms with Gasteiger partial charge in [-0.15, -0.1) is 0 Å². The highest BCUT2D eigenvalue weighted by Crippen LogP contribution is 2.22. The fourth-order valence-electron chi connectivity index (χ4n) is 4.95. The lowest BCUT2D eigenvalue weighted by Crippen LogP contribution is -2.40. The molecule has 0 aromatic heterocycles. The molecule has 2 aromatic rings. The molecule has 3 heteroatoms. The van der Waals surface area contributed by atoms with Crippen molar-refractivity contribution in [1.82, 2.24) is 10.2 Å². The van der Waals surface area contributed by atoms with Crippen LogP contribution in [0.1, 0.15) is 75.3 Å². The molecule has 0 saturated heterocycles. The van der Waals surface area contributed by atoms with Gasteiger partial charge in [0.2, 0.25) is 0 Å². The molecule has 0 atom stereocenters. The van der Waals surface area contributed by atoms with Crippen LogP contribution in [0.2, 0.25) is 0 Å². The third-order valence-corrected chi connectivity index (χ3v) is 6.63. The summed E-state index contributed by atoms with van der Waals surface area (Å²) < 4.78 is 0. The molecular formula is C28H43N3. The maximum Gasteiger partial charge on any atom is 0.0237 e. The average molecular weight is 422 g/mol. The van der Waals surface area contributed by atoms with E-state index in [1.54, 1.807) is 0 Å². The minimum absolute atomic E-state index is 0.694. The number of nitrogens with two attached hydrogens (primary N) is 1. The highest BCUT2D eigenvalue weighted by Gasteiger charge is 2.19. The van der Waals surface area contributed by atoms with E-state index in [4.69, 9.17) is 5.73 Å². The molecule has 2 aromatic carbocycles. The summed E-state index contributed by atoms with van der Waals surface area (Å²) in [4.78, 5) is 2.38. The highest BCUT2D eigenvalue weighted by atomic mass is 15.1. The fourth-order valence-corrected chi connectivity index (χ4v) is 4.95. The third kappa shape index (κ3) is 9.55. The molecule has 0 radical (unpaired) electrons. The summed E-state index contributed by atoms with van der Waals surface area (Å²) in [5.41, 5.74) is 8.37. The Labute approximate surface area is 190 Å². The lowest BCUT2D eigenvalue weighted by Gasteiger charge is -2.30. The molecule has 4 rings (SSSR count). The molecule has 3 nitrogen and oxygen atoms in total. The predicted octanol–water partition coefficient (Wildman–Crippen LogP) is 5.89. The van der Waals surface area contributed by atoms with Crippen molar-refractivity contribution in [2.45, 2.75) is 89.4 Å². The minimum atomic E-state index is 0.694. The van der Waals surface area contributed by atoms with Crippen LogP contribution in [0.4, 0.5) is 0 Å².